The predicted molar refractivity (Wildman–Crippen MR) is 60.3 cm³/mol. The topological polar surface area (TPSA) is 87.7 Å². The molecule has 0 aliphatic carbocycles. The van der Waals surface area contributed by atoms with Gasteiger partial charge in [-0.3, -0.25) is 9.59 Å². The van der Waals surface area contributed by atoms with E-state index in [4.69, 9.17) is 0 Å². The summed E-state index contributed by atoms with van der Waals surface area (Å²) in [5, 5.41) is 2.65. The van der Waals surface area contributed by atoms with Crippen molar-refractivity contribution in [2.24, 2.45) is 0 Å². The molecule has 86 valence electrons. The molecule has 0 saturated heterocycles. The number of aromatic amines is 1. The molecule has 0 atom stereocenters. The smallest absolute Gasteiger partial charge is 0.289 e. The molecule has 0 bridgehead atoms. The van der Waals surface area contributed by atoms with Crippen LogP contribution in [0.1, 0.15) is 16.2 Å². The minimum Gasteiger partial charge on any atom is -0.345 e. The number of nitrogens with zero attached hydrogens (tertiary/aromatic N) is 2. The van der Waals surface area contributed by atoms with Crippen molar-refractivity contribution >= 4 is 5.91 Å². The Balaban J connectivity index is 1.97. The normalized spacial score (nSPS) is 9.88. The summed E-state index contributed by atoms with van der Waals surface area (Å²) in [7, 11) is 0. The number of carbonyl (C=O) groups is 1. The van der Waals surface area contributed by atoms with Gasteiger partial charge in [-0.25, -0.2) is 9.97 Å². The molecule has 0 unspecified atom stereocenters. The van der Waals surface area contributed by atoms with Crippen molar-refractivity contribution in [3.05, 3.63) is 58.5 Å². The van der Waals surface area contributed by atoms with E-state index in [0.29, 0.717) is 6.54 Å². The summed E-state index contributed by atoms with van der Waals surface area (Å²) < 4.78 is 0. The first-order valence-electron chi connectivity index (χ1n) is 4.98. The zero-order valence-electron chi connectivity index (χ0n) is 8.88. The summed E-state index contributed by atoms with van der Waals surface area (Å²) in [4.78, 5) is 32.6. The Kier molecular flexibility index (Phi) is 3.25. The first-order valence-corrected chi connectivity index (χ1v) is 4.98. The van der Waals surface area contributed by atoms with Gasteiger partial charge in [-0.1, -0.05) is 6.07 Å². The van der Waals surface area contributed by atoms with Gasteiger partial charge in [-0.05, 0) is 11.6 Å². The maximum Gasteiger partial charge on any atom is 0.289 e. The summed E-state index contributed by atoms with van der Waals surface area (Å²) in [6.45, 7) is 0.313. The summed E-state index contributed by atoms with van der Waals surface area (Å²) in [5.74, 6) is -0.228. The second-order valence-electron chi connectivity index (χ2n) is 3.32. The molecule has 6 heteroatoms. The highest BCUT2D eigenvalue weighted by Crippen LogP contribution is 1.94. The zero-order valence-corrected chi connectivity index (χ0v) is 8.88. The molecule has 0 spiro atoms. The number of rotatable bonds is 3. The molecule has 0 aromatic carbocycles. The molecule has 0 radical (unpaired) electrons. The first-order chi connectivity index (χ1) is 8.25. The number of hydrogen-bond acceptors (Lipinski definition) is 4. The van der Waals surface area contributed by atoms with Crippen LogP contribution in [-0.4, -0.2) is 20.9 Å². The fourth-order valence-electron chi connectivity index (χ4n) is 1.23. The molecule has 0 fully saturated rings. The number of aromatic nitrogens is 3. The monoisotopic (exact) mass is 230 g/mol. The Morgan fingerprint density at radius 1 is 1.29 bits per heavy atom. The van der Waals surface area contributed by atoms with Gasteiger partial charge in [0.1, 0.15) is 0 Å². The molecule has 0 aliphatic heterocycles. The standard InChI is InChI=1S/C11H10N4O2/c16-9-3-2-8(6-14-9)7-15-11(17)10-12-4-1-5-13-10/h1-6H,7H2,(H,14,16)(H,15,17). The first kappa shape index (κ1) is 11.0. The van der Waals surface area contributed by atoms with Crippen LogP contribution in [-0.2, 0) is 6.54 Å². The molecule has 2 rings (SSSR count). The van der Waals surface area contributed by atoms with Crippen molar-refractivity contribution in [1.29, 1.82) is 0 Å². The van der Waals surface area contributed by atoms with Gasteiger partial charge in [-0.2, -0.15) is 0 Å². The van der Waals surface area contributed by atoms with Crippen LogP contribution in [0, 0.1) is 0 Å². The third-order valence-corrected chi connectivity index (χ3v) is 2.07. The second-order valence-corrected chi connectivity index (χ2v) is 3.32. The van der Waals surface area contributed by atoms with Gasteiger partial charge < -0.3 is 10.3 Å². The fourth-order valence-corrected chi connectivity index (χ4v) is 1.23. The van der Waals surface area contributed by atoms with E-state index in [-0.39, 0.29) is 17.3 Å². The van der Waals surface area contributed by atoms with Crippen LogP contribution < -0.4 is 10.9 Å². The van der Waals surface area contributed by atoms with Gasteiger partial charge in [0.2, 0.25) is 11.4 Å². The van der Waals surface area contributed by atoms with Gasteiger partial charge in [0.05, 0.1) is 0 Å². The van der Waals surface area contributed by atoms with Crippen molar-refractivity contribution in [3.8, 4) is 0 Å². The number of nitrogens with one attached hydrogen (secondary N) is 2. The highest BCUT2D eigenvalue weighted by Gasteiger charge is 2.06. The minimum absolute atomic E-state index is 0.122. The third-order valence-electron chi connectivity index (χ3n) is 2.07. The van der Waals surface area contributed by atoms with E-state index in [1.54, 1.807) is 18.3 Å². The van der Waals surface area contributed by atoms with E-state index in [9.17, 15) is 9.59 Å². The lowest BCUT2D eigenvalue weighted by atomic mass is 10.3. The lowest BCUT2D eigenvalue weighted by Crippen LogP contribution is -2.25. The molecule has 1 amide bonds. The minimum atomic E-state index is -0.350. The van der Waals surface area contributed by atoms with Crippen LogP contribution in [0.2, 0.25) is 0 Å². The second kappa shape index (κ2) is 5.02. The van der Waals surface area contributed by atoms with Crippen LogP contribution in [0.4, 0.5) is 0 Å². The van der Waals surface area contributed by atoms with Gasteiger partial charge in [-0.15, -0.1) is 0 Å². The highest BCUT2D eigenvalue weighted by atomic mass is 16.2. The van der Waals surface area contributed by atoms with Gasteiger partial charge in [0.15, 0.2) is 0 Å². The molecule has 17 heavy (non-hydrogen) atoms. The maximum atomic E-state index is 11.6. The Morgan fingerprint density at radius 2 is 2.06 bits per heavy atom. The third kappa shape index (κ3) is 2.97. The van der Waals surface area contributed by atoms with Crippen molar-refractivity contribution in [2.75, 3.05) is 0 Å². The van der Waals surface area contributed by atoms with Gasteiger partial charge in [0.25, 0.3) is 5.91 Å². The van der Waals surface area contributed by atoms with E-state index >= 15 is 0 Å². The maximum absolute atomic E-state index is 11.6. The molecule has 0 saturated carbocycles. The lowest BCUT2D eigenvalue weighted by molar-refractivity contribution is 0.0940. The Labute approximate surface area is 96.8 Å². The fraction of sp³-hybridized carbons (Fsp3) is 0.0909. The van der Waals surface area contributed by atoms with Crippen molar-refractivity contribution in [1.82, 2.24) is 20.3 Å². The molecular formula is C11H10N4O2. The van der Waals surface area contributed by atoms with Crippen LogP contribution in [0.3, 0.4) is 0 Å². The van der Waals surface area contributed by atoms with Crippen LogP contribution in [0.15, 0.2) is 41.6 Å². The van der Waals surface area contributed by atoms with E-state index in [0.717, 1.165) is 5.56 Å². The van der Waals surface area contributed by atoms with Gasteiger partial charge >= 0.3 is 0 Å². The summed E-state index contributed by atoms with van der Waals surface area (Å²) >= 11 is 0. The Hall–Kier alpha value is -2.50. The number of amides is 1. The van der Waals surface area contributed by atoms with E-state index in [2.05, 4.69) is 20.3 Å². The number of hydrogen-bond donors (Lipinski definition) is 2. The largest absolute Gasteiger partial charge is 0.345 e. The van der Waals surface area contributed by atoms with Crippen LogP contribution in [0.25, 0.3) is 0 Å². The molecule has 2 heterocycles. The van der Waals surface area contributed by atoms with Crippen molar-refractivity contribution in [2.45, 2.75) is 6.54 Å². The number of carbonyl (C=O) groups excluding carboxylic acids is 1. The summed E-state index contributed by atoms with van der Waals surface area (Å²) in [5.41, 5.74) is 0.625. The number of H-pyrrole nitrogens is 1. The van der Waals surface area contributed by atoms with Crippen molar-refractivity contribution < 1.29 is 4.79 Å². The Bertz CT molecular complexity index is 545. The SMILES string of the molecule is O=C(NCc1ccc(=O)[nH]c1)c1ncccn1. The lowest BCUT2D eigenvalue weighted by Gasteiger charge is -2.03. The zero-order chi connectivity index (χ0) is 12.1. The molecule has 0 aliphatic rings. The quantitative estimate of drug-likeness (QED) is 0.782. The van der Waals surface area contributed by atoms with E-state index in [1.807, 2.05) is 0 Å². The molecule has 2 aromatic heterocycles. The predicted octanol–water partition coefficient (Wildman–Crippen LogP) is 0.0949. The van der Waals surface area contributed by atoms with E-state index < -0.39 is 0 Å². The molecule has 2 N–H and O–H groups in total. The van der Waals surface area contributed by atoms with E-state index in [1.165, 1.54) is 18.5 Å². The highest BCUT2D eigenvalue weighted by molar-refractivity contribution is 5.90. The Morgan fingerprint density at radius 3 is 2.71 bits per heavy atom. The van der Waals surface area contributed by atoms with Crippen LogP contribution >= 0.6 is 0 Å². The number of pyridine rings is 1. The molecular weight excluding hydrogens is 220 g/mol. The molecule has 2 aromatic rings. The average Bonchev–Trinajstić information content (AvgIpc) is 2.39. The summed E-state index contributed by atoms with van der Waals surface area (Å²) in [6.07, 6.45) is 4.55. The molecule has 6 nitrogen and oxygen atoms in total. The van der Waals surface area contributed by atoms with Crippen molar-refractivity contribution in [3.63, 3.8) is 0 Å². The van der Waals surface area contributed by atoms with Crippen LogP contribution in [0.5, 0.6) is 0 Å². The summed E-state index contributed by atoms with van der Waals surface area (Å²) in [6, 6.07) is 4.68. The van der Waals surface area contributed by atoms with Gasteiger partial charge in [0, 0.05) is 31.2 Å². The average molecular weight is 230 g/mol.